The zero-order valence-electron chi connectivity index (χ0n) is 14.3. The van der Waals surface area contributed by atoms with Crippen LogP contribution in [-0.4, -0.2) is 22.8 Å². The highest BCUT2D eigenvalue weighted by Crippen LogP contribution is 2.23. The highest BCUT2D eigenvalue weighted by molar-refractivity contribution is 9.11. The van der Waals surface area contributed by atoms with Gasteiger partial charge >= 0.3 is 0 Å². The van der Waals surface area contributed by atoms with Crippen LogP contribution < -0.4 is 15.4 Å². The predicted molar refractivity (Wildman–Crippen MR) is 108 cm³/mol. The molecular weight excluding hydrogens is 430 g/mol. The monoisotopic (exact) mass is 445 g/mol. The maximum Gasteiger partial charge on any atom is 0.262 e. The standard InChI is InChI=1S/C19H16BrN3O3S/c1-12(22-19(25)16-6-7-17(20)27-16)18(24)23-13-2-4-14(5-3-13)26-15-8-10-21-11-9-15/h2-12H,1H3,(H,22,25)(H,23,24). The Hall–Kier alpha value is -2.71. The van der Waals surface area contributed by atoms with Gasteiger partial charge in [0.2, 0.25) is 5.91 Å². The molecule has 1 aromatic carbocycles. The molecule has 0 fully saturated rings. The minimum absolute atomic E-state index is 0.283. The lowest BCUT2D eigenvalue weighted by Crippen LogP contribution is -2.41. The largest absolute Gasteiger partial charge is 0.457 e. The topological polar surface area (TPSA) is 80.3 Å². The maximum atomic E-state index is 12.3. The molecule has 3 aromatic rings. The maximum absolute atomic E-state index is 12.3. The Balaban J connectivity index is 1.54. The summed E-state index contributed by atoms with van der Waals surface area (Å²) in [6.07, 6.45) is 3.29. The first-order chi connectivity index (χ1) is 13.0. The van der Waals surface area contributed by atoms with Crippen LogP contribution in [0, 0.1) is 0 Å². The quantitative estimate of drug-likeness (QED) is 0.586. The average Bonchev–Trinajstić information content (AvgIpc) is 3.10. The van der Waals surface area contributed by atoms with E-state index >= 15 is 0 Å². The lowest BCUT2D eigenvalue weighted by molar-refractivity contribution is -0.117. The first kappa shape index (κ1) is 19.1. The van der Waals surface area contributed by atoms with E-state index in [1.54, 1.807) is 67.8 Å². The van der Waals surface area contributed by atoms with Gasteiger partial charge in [-0.2, -0.15) is 0 Å². The van der Waals surface area contributed by atoms with Crippen molar-refractivity contribution < 1.29 is 14.3 Å². The molecule has 0 saturated carbocycles. The van der Waals surface area contributed by atoms with Gasteiger partial charge in [-0.3, -0.25) is 14.6 Å². The van der Waals surface area contributed by atoms with Crippen molar-refractivity contribution in [1.82, 2.24) is 10.3 Å². The molecule has 6 nitrogen and oxygen atoms in total. The lowest BCUT2D eigenvalue weighted by atomic mass is 10.2. The number of rotatable bonds is 6. The van der Waals surface area contributed by atoms with E-state index in [1.807, 2.05) is 0 Å². The number of ether oxygens (including phenoxy) is 1. The molecule has 2 heterocycles. The van der Waals surface area contributed by atoms with E-state index in [1.165, 1.54) is 11.3 Å². The van der Waals surface area contributed by atoms with E-state index in [2.05, 4.69) is 31.5 Å². The Morgan fingerprint density at radius 3 is 2.33 bits per heavy atom. The molecule has 0 aliphatic rings. The number of halogens is 1. The van der Waals surface area contributed by atoms with Gasteiger partial charge in [0.15, 0.2) is 0 Å². The number of amides is 2. The second-order valence-corrected chi connectivity index (χ2v) is 8.06. The van der Waals surface area contributed by atoms with Crippen molar-refractivity contribution in [3.05, 3.63) is 69.6 Å². The molecule has 2 amide bonds. The second kappa shape index (κ2) is 8.79. The highest BCUT2D eigenvalue weighted by Gasteiger charge is 2.17. The molecular formula is C19H16BrN3O3S. The summed E-state index contributed by atoms with van der Waals surface area (Å²) in [6, 6.07) is 13.3. The Labute approximate surface area is 168 Å². The Morgan fingerprint density at radius 2 is 1.70 bits per heavy atom. The fourth-order valence-corrected chi connectivity index (χ4v) is 3.46. The molecule has 8 heteroatoms. The number of pyridine rings is 1. The first-order valence-corrected chi connectivity index (χ1v) is 9.67. The van der Waals surface area contributed by atoms with Gasteiger partial charge in [0, 0.05) is 18.1 Å². The fourth-order valence-electron chi connectivity index (χ4n) is 2.17. The minimum Gasteiger partial charge on any atom is -0.457 e. The van der Waals surface area contributed by atoms with Crippen molar-refractivity contribution in [2.24, 2.45) is 0 Å². The molecule has 0 aliphatic heterocycles. The Bertz CT molecular complexity index is 929. The summed E-state index contributed by atoms with van der Waals surface area (Å²) in [6.45, 7) is 1.64. The summed E-state index contributed by atoms with van der Waals surface area (Å²) in [4.78, 5) is 28.9. The zero-order chi connectivity index (χ0) is 19.2. The number of hydrogen-bond donors (Lipinski definition) is 2. The van der Waals surface area contributed by atoms with Gasteiger partial charge in [-0.15, -0.1) is 11.3 Å². The lowest BCUT2D eigenvalue weighted by Gasteiger charge is -2.14. The van der Waals surface area contributed by atoms with Crippen LogP contribution >= 0.6 is 27.3 Å². The molecule has 0 bridgehead atoms. The van der Waals surface area contributed by atoms with E-state index in [0.29, 0.717) is 22.1 Å². The van der Waals surface area contributed by atoms with Crippen LogP contribution in [0.5, 0.6) is 11.5 Å². The third kappa shape index (κ3) is 5.38. The van der Waals surface area contributed by atoms with Gasteiger partial charge in [-0.25, -0.2) is 0 Å². The molecule has 2 N–H and O–H groups in total. The van der Waals surface area contributed by atoms with Gasteiger partial charge in [0.25, 0.3) is 5.91 Å². The van der Waals surface area contributed by atoms with Gasteiger partial charge in [0.1, 0.15) is 17.5 Å². The summed E-state index contributed by atoms with van der Waals surface area (Å²) in [5.41, 5.74) is 0.613. The first-order valence-electron chi connectivity index (χ1n) is 8.06. The Morgan fingerprint density at radius 1 is 1.04 bits per heavy atom. The third-order valence-electron chi connectivity index (χ3n) is 3.55. The number of thiophene rings is 1. The molecule has 0 spiro atoms. The normalized spacial score (nSPS) is 11.5. The van der Waals surface area contributed by atoms with Gasteiger partial charge in [0.05, 0.1) is 8.66 Å². The number of carbonyl (C=O) groups is 2. The smallest absolute Gasteiger partial charge is 0.262 e. The molecule has 138 valence electrons. The van der Waals surface area contributed by atoms with Crippen molar-refractivity contribution in [2.75, 3.05) is 5.32 Å². The van der Waals surface area contributed by atoms with Crippen LogP contribution in [-0.2, 0) is 4.79 Å². The number of benzene rings is 1. The molecule has 0 saturated heterocycles. The van der Waals surface area contributed by atoms with E-state index < -0.39 is 6.04 Å². The third-order valence-corrected chi connectivity index (χ3v) is 5.17. The molecule has 0 radical (unpaired) electrons. The van der Waals surface area contributed by atoms with E-state index in [0.717, 1.165) is 3.79 Å². The summed E-state index contributed by atoms with van der Waals surface area (Å²) in [5, 5.41) is 5.45. The van der Waals surface area contributed by atoms with Crippen LogP contribution in [0.2, 0.25) is 0 Å². The number of hydrogen-bond acceptors (Lipinski definition) is 5. The van der Waals surface area contributed by atoms with Crippen LogP contribution in [0.15, 0.2) is 64.7 Å². The molecule has 1 atom stereocenters. The molecule has 0 aliphatic carbocycles. The van der Waals surface area contributed by atoms with E-state index in [9.17, 15) is 9.59 Å². The molecule has 2 aromatic heterocycles. The zero-order valence-corrected chi connectivity index (χ0v) is 16.7. The summed E-state index contributed by atoms with van der Waals surface area (Å²) in [5.74, 6) is 0.735. The number of carbonyl (C=O) groups excluding carboxylic acids is 2. The fraction of sp³-hybridized carbons (Fsp3) is 0.105. The summed E-state index contributed by atoms with van der Waals surface area (Å²) in [7, 11) is 0. The molecule has 27 heavy (non-hydrogen) atoms. The van der Waals surface area contributed by atoms with E-state index in [4.69, 9.17) is 4.74 Å². The minimum atomic E-state index is -0.675. The van der Waals surface area contributed by atoms with Crippen molar-refractivity contribution >= 4 is 44.8 Å². The number of anilines is 1. The predicted octanol–water partition coefficient (Wildman–Crippen LogP) is 4.45. The molecule has 1 unspecified atom stereocenters. The number of aromatic nitrogens is 1. The van der Waals surface area contributed by atoms with Crippen LogP contribution in [0.25, 0.3) is 0 Å². The van der Waals surface area contributed by atoms with Gasteiger partial charge in [-0.1, -0.05) is 0 Å². The Kier molecular flexibility index (Phi) is 6.20. The van der Waals surface area contributed by atoms with Gasteiger partial charge < -0.3 is 15.4 Å². The molecule has 3 rings (SSSR count). The van der Waals surface area contributed by atoms with E-state index in [-0.39, 0.29) is 11.8 Å². The van der Waals surface area contributed by atoms with Crippen LogP contribution in [0.1, 0.15) is 16.6 Å². The van der Waals surface area contributed by atoms with Crippen LogP contribution in [0.4, 0.5) is 5.69 Å². The summed E-state index contributed by atoms with van der Waals surface area (Å²) < 4.78 is 6.54. The SMILES string of the molecule is CC(NC(=O)c1ccc(Br)s1)C(=O)Nc1ccc(Oc2ccncc2)cc1. The summed E-state index contributed by atoms with van der Waals surface area (Å²) >= 11 is 4.62. The van der Waals surface area contributed by atoms with Crippen molar-refractivity contribution in [1.29, 1.82) is 0 Å². The van der Waals surface area contributed by atoms with Crippen molar-refractivity contribution in [3.8, 4) is 11.5 Å². The highest BCUT2D eigenvalue weighted by atomic mass is 79.9. The van der Waals surface area contributed by atoms with Crippen molar-refractivity contribution in [2.45, 2.75) is 13.0 Å². The van der Waals surface area contributed by atoms with Crippen LogP contribution in [0.3, 0.4) is 0 Å². The number of nitrogens with zero attached hydrogens (tertiary/aromatic N) is 1. The van der Waals surface area contributed by atoms with Gasteiger partial charge in [-0.05, 0) is 71.4 Å². The number of nitrogens with one attached hydrogen (secondary N) is 2. The second-order valence-electron chi connectivity index (χ2n) is 5.60. The van der Waals surface area contributed by atoms with Crippen molar-refractivity contribution in [3.63, 3.8) is 0 Å². The average molecular weight is 446 g/mol.